The summed E-state index contributed by atoms with van der Waals surface area (Å²) in [6.07, 6.45) is 3.94. The molecule has 1 aromatic carbocycles. The summed E-state index contributed by atoms with van der Waals surface area (Å²) < 4.78 is 5.52. The number of carbonyl (C=O) groups excluding carboxylic acids is 1. The Morgan fingerprint density at radius 3 is 2.79 bits per heavy atom. The third-order valence-electron chi connectivity index (χ3n) is 3.53. The first-order chi connectivity index (χ1) is 13.5. The first kappa shape index (κ1) is 19.0. The lowest BCUT2D eigenvalue weighted by Gasteiger charge is -2.10. The third kappa shape index (κ3) is 4.30. The number of anilines is 1. The standard InChI is InChI=1S/C17H13ClN6O4/c1-10-7-12(4-5-13(10)18)28-17-14(24(26)27)15(20-9-21-17)22-23-16(25)11-3-2-6-19-8-11/h2-9H,1H3,(H,23,25)(H,20,21,22). The lowest BCUT2D eigenvalue weighted by molar-refractivity contribution is -0.385. The molecule has 0 aliphatic rings. The van der Waals surface area contributed by atoms with E-state index in [1.807, 2.05) is 0 Å². The number of nitro groups is 1. The lowest BCUT2D eigenvalue weighted by atomic mass is 10.2. The number of hydrazine groups is 1. The molecule has 28 heavy (non-hydrogen) atoms. The van der Waals surface area contributed by atoms with Crippen LogP contribution in [-0.4, -0.2) is 25.8 Å². The van der Waals surface area contributed by atoms with Gasteiger partial charge in [-0.05, 0) is 42.8 Å². The molecular weight excluding hydrogens is 388 g/mol. The number of ether oxygens (including phenoxy) is 1. The number of hydrogen-bond donors (Lipinski definition) is 2. The van der Waals surface area contributed by atoms with Gasteiger partial charge in [0.1, 0.15) is 12.1 Å². The summed E-state index contributed by atoms with van der Waals surface area (Å²) in [6, 6.07) is 7.90. The average molecular weight is 401 g/mol. The van der Waals surface area contributed by atoms with Crippen molar-refractivity contribution in [3.05, 3.63) is 75.3 Å². The molecule has 0 aliphatic heterocycles. The van der Waals surface area contributed by atoms with E-state index in [9.17, 15) is 14.9 Å². The van der Waals surface area contributed by atoms with Crippen molar-refractivity contribution in [3.8, 4) is 11.6 Å². The van der Waals surface area contributed by atoms with E-state index >= 15 is 0 Å². The van der Waals surface area contributed by atoms with Crippen molar-refractivity contribution < 1.29 is 14.5 Å². The molecule has 0 aliphatic carbocycles. The Balaban J connectivity index is 1.84. The molecule has 3 rings (SSSR count). The third-order valence-corrected chi connectivity index (χ3v) is 3.96. The van der Waals surface area contributed by atoms with Crippen LogP contribution in [0.25, 0.3) is 0 Å². The quantitative estimate of drug-likeness (QED) is 0.475. The van der Waals surface area contributed by atoms with Gasteiger partial charge in [0.2, 0.25) is 5.82 Å². The van der Waals surface area contributed by atoms with Gasteiger partial charge in [0.25, 0.3) is 5.91 Å². The van der Waals surface area contributed by atoms with Gasteiger partial charge in [-0.3, -0.25) is 30.7 Å². The Morgan fingerprint density at radius 2 is 2.11 bits per heavy atom. The zero-order chi connectivity index (χ0) is 20.1. The van der Waals surface area contributed by atoms with Crippen LogP contribution in [0.5, 0.6) is 11.6 Å². The van der Waals surface area contributed by atoms with Crippen LogP contribution in [-0.2, 0) is 0 Å². The molecule has 2 N–H and O–H groups in total. The van der Waals surface area contributed by atoms with Crippen LogP contribution in [0.2, 0.25) is 5.02 Å². The number of hydrogen-bond acceptors (Lipinski definition) is 8. The van der Waals surface area contributed by atoms with Gasteiger partial charge < -0.3 is 4.74 Å². The van der Waals surface area contributed by atoms with E-state index in [4.69, 9.17) is 16.3 Å². The van der Waals surface area contributed by atoms with E-state index in [2.05, 4.69) is 25.8 Å². The van der Waals surface area contributed by atoms with Crippen LogP contribution >= 0.6 is 11.6 Å². The minimum absolute atomic E-state index is 0.238. The molecule has 0 atom stereocenters. The fraction of sp³-hybridized carbons (Fsp3) is 0.0588. The SMILES string of the molecule is Cc1cc(Oc2ncnc(NNC(=O)c3cccnc3)c2[N+](=O)[O-])ccc1Cl. The molecule has 0 saturated heterocycles. The summed E-state index contributed by atoms with van der Waals surface area (Å²) in [4.78, 5) is 34.3. The molecule has 2 heterocycles. The summed E-state index contributed by atoms with van der Waals surface area (Å²) in [5, 5.41) is 12.1. The normalized spacial score (nSPS) is 10.2. The van der Waals surface area contributed by atoms with Gasteiger partial charge in [-0.25, -0.2) is 4.98 Å². The highest BCUT2D eigenvalue weighted by Crippen LogP contribution is 2.34. The molecule has 142 valence electrons. The van der Waals surface area contributed by atoms with Crippen molar-refractivity contribution in [2.45, 2.75) is 6.92 Å². The van der Waals surface area contributed by atoms with E-state index in [1.165, 1.54) is 18.5 Å². The van der Waals surface area contributed by atoms with Gasteiger partial charge >= 0.3 is 11.6 Å². The van der Waals surface area contributed by atoms with Gasteiger partial charge in [-0.15, -0.1) is 0 Å². The fourth-order valence-electron chi connectivity index (χ4n) is 2.17. The number of halogens is 1. The van der Waals surface area contributed by atoms with Crippen LogP contribution in [0.3, 0.4) is 0 Å². The molecule has 1 amide bonds. The maximum atomic E-state index is 12.1. The van der Waals surface area contributed by atoms with E-state index in [1.54, 1.807) is 31.2 Å². The summed E-state index contributed by atoms with van der Waals surface area (Å²) in [5.41, 5.74) is 5.20. The molecule has 0 spiro atoms. The second-order valence-electron chi connectivity index (χ2n) is 5.47. The first-order valence-corrected chi connectivity index (χ1v) is 8.23. The van der Waals surface area contributed by atoms with Crippen molar-refractivity contribution in [3.63, 3.8) is 0 Å². The van der Waals surface area contributed by atoms with Crippen molar-refractivity contribution in [1.29, 1.82) is 0 Å². The zero-order valence-electron chi connectivity index (χ0n) is 14.4. The van der Waals surface area contributed by atoms with Gasteiger partial charge in [0.15, 0.2) is 0 Å². The number of aryl methyl sites for hydroxylation is 1. The highest BCUT2D eigenvalue weighted by Gasteiger charge is 2.25. The molecule has 0 saturated carbocycles. The van der Waals surface area contributed by atoms with Gasteiger partial charge in [0, 0.05) is 17.4 Å². The number of carbonyl (C=O) groups is 1. The van der Waals surface area contributed by atoms with Crippen LogP contribution in [0.4, 0.5) is 11.5 Å². The number of rotatable bonds is 6. The van der Waals surface area contributed by atoms with Crippen molar-refractivity contribution in [1.82, 2.24) is 20.4 Å². The maximum absolute atomic E-state index is 12.1. The Labute approximate surface area is 163 Å². The monoisotopic (exact) mass is 400 g/mol. The van der Waals surface area contributed by atoms with Crippen LogP contribution in [0.15, 0.2) is 49.1 Å². The minimum atomic E-state index is -0.712. The average Bonchev–Trinajstić information content (AvgIpc) is 2.69. The van der Waals surface area contributed by atoms with E-state index in [0.717, 1.165) is 11.9 Å². The molecule has 0 unspecified atom stereocenters. The second-order valence-corrected chi connectivity index (χ2v) is 5.87. The van der Waals surface area contributed by atoms with Crippen LogP contribution < -0.4 is 15.6 Å². The predicted molar refractivity (Wildman–Crippen MR) is 100 cm³/mol. The number of nitrogens with one attached hydrogen (secondary N) is 2. The van der Waals surface area contributed by atoms with Gasteiger partial charge in [-0.2, -0.15) is 4.98 Å². The van der Waals surface area contributed by atoms with Crippen molar-refractivity contribution >= 4 is 29.0 Å². The summed E-state index contributed by atoms with van der Waals surface area (Å²) >= 11 is 5.97. The van der Waals surface area contributed by atoms with Crippen LogP contribution in [0.1, 0.15) is 15.9 Å². The molecule has 3 aromatic rings. The summed E-state index contributed by atoms with van der Waals surface area (Å²) in [5.74, 6) is -0.761. The fourth-order valence-corrected chi connectivity index (χ4v) is 2.29. The van der Waals surface area contributed by atoms with E-state index < -0.39 is 16.5 Å². The minimum Gasteiger partial charge on any atom is -0.434 e. The molecule has 0 fully saturated rings. The molecular formula is C17H13ClN6O4. The maximum Gasteiger partial charge on any atom is 0.374 e. The first-order valence-electron chi connectivity index (χ1n) is 7.85. The van der Waals surface area contributed by atoms with Crippen molar-refractivity contribution in [2.24, 2.45) is 0 Å². The highest BCUT2D eigenvalue weighted by molar-refractivity contribution is 6.31. The highest BCUT2D eigenvalue weighted by atomic mass is 35.5. The Kier molecular flexibility index (Phi) is 5.61. The Hall–Kier alpha value is -3.79. The molecule has 11 heteroatoms. The number of aromatic nitrogens is 3. The second kappa shape index (κ2) is 8.27. The predicted octanol–water partition coefficient (Wildman–Crippen LogP) is 3.29. The summed E-state index contributed by atoms with van der Waals surface area (Å²) in [6.45, 7) is 1.77. The van der Waals surface area contributed by atoms with E-state index in [0.29, 0.717) is 10.8 Å². The molecule has 0 bridgehead atoms. The largest absolute Gasteiger partial charge is 0.434 e. The summed E-state index contributed by atoms with van der Waals surface area (Å²) in [7, 11) is 0. The van der Waals surface area contributed by atoms with Crippen molar-refractivity contribution in [2.75, 3.05) is 5.43 Å². The molecule has 2 aromatic heterocycles. The molecule has 0 radical (unpaired) electrons. The van der Waals surface area contributed by atoms with Gasteiger partial charge in [0.05, 0.1) is 10.5 Å². The van der Waals surface area contributed by atoms with Crippen LogP contribution in [0, 0.1) is 17.0 Å². The number of nitrogens with zero attached hydrogens (tertiary/aromatic N) is 4. The van der Waals surface area contributed by atoms with E-state index in [-0.39, 0.29) is 17.3 Å². The molecule has 10 nitrogen and oxygen atoms in total. The lowest BCUT2D eigenvalue weighted by Crippen LogP contribution is -2.30. The zero-order valence-corrected chi connectivity index (χ0v) is 15.2. The topological polar surface area (TPSA) is 132 Å². The number of pyridine rings is 1. The van der Waals surface area contributed by atoms with Gasteiger partial charge in [-0.1, -0.05) is 11.6 Å². The Bertz CT molecular complexity index is 1030. The Morgan fingerprint density at radius 1 is 1.29 bits per heavy atom. The number of amides is 1. The smallest absolute Gasteiger partial charge is 0.374 e. The number of benzene rings is 1.